The first-order chi connectivity index (χ1) is 28.5. The molecule has 3 N–H and O–H groups in total. The number of piperazine rings is 2. The summed E-state index contributed by atoms with van der Waals surface area (Å²) in [4.78, 5) is 97.5. The summed E-state index contributed by atoms with van der Waals surface area (Å²) in [5.41, 5.74) is 2.97. The molecule has 21 nitrogen and oxygen atoms in total. The number of rotatable bonds is 11. The van der Waals surface area contributed by atoms with Crippen LogP contribution in [-0.2, 0) is 23.9 Å². The molecule has 5 aromatic heterocycles. The van der Waals surface area contributed by atoms with Crippen LogP contribution >= 0.6 is 0 Å². The van der Waals surface area contributed by atoms with E-state index in [1.54, 1.807) is 24.2 Å². The molecule has 0 unspecified atom stereocenters. The Bertz CT molecular complexity index is 2500. The molecule has 0 bridgehead atoms. The number of hydrazine groups is 2. The fourth-order valence-corrected chi connectivity index (χ4v) is 7.15. The molecule has 8 heterocycles. The zero-order valence-corrected chi connectivity index (χ0v) is 31.4. The van der Waals surface area contributed by atoms with E-state index in [1.165, 1.54) is 54.2 Å². The summed E-state index contributed by atoms with van der Waals surface area (Å²) < 4.78 is 37.0. The quantitative estimate of drug-likeness (QED) is 0.119. The van der Waals surface area contributed by atoms with Gasteiger partial charge in [0.05, 0.1) is 57.7 Å². The van der Waals surface area contributed by atoms with E-state index in [0.717, 1.165) is 12.4 Å². The van der Waals surface area contributed by atoms with Crippen LogP contribution in [0.15, 0.2) is 49.6 Å². The van der Waals surface area contributed by atoms with Gasteiger partial charge in [0.2, 0.25) is 11.8 Å². The number of amides is 4. The number of nitrogens with one attached hydrogen (secondary N) is 3. The number of fused-ring (bicyclic) bond motifs is 2. The van der Waals surface area contributed by atoms with Crippen LogP contribution in [0.2, 0.25) is 0 Å². The van der Waals surface area contributed by atoms with Gasteiger partial charge in [-0.2, -0.15) is 0 Å². The molecule has 0 aliphatic carbocycles. The smallest absolute Gasteiger partial charge is 0.295 e. The number of halogens is 2. The highest BCUT2D eigenvalue weighted by Crippen LogP contribution is 2.30. The average Bonchev–Trinajstić information content (AvgIpc) is 4.11. The van der Waals surface area contributed by atoms with E-state index in [-0.39, 0.29) is 109 Å². The molecule has 0 saturated carbocycles. The fourth-order valence-electron chi connectivity index (χ4n) is 7.15. The summed E-state index contributed by atoms with van der Waals surface area (Å²) in [5, 5.41) is 10.3. The Hall–Kier alpha value is -7.14. The van der Waals surface area contributed by atoms with Gasteiger partial charge in [0.1, 0.15) is 13.3 Å². The lowest BCUT2D eigenvalue weighted by molar-refractivity contribution is -0.142. The van der Waals surface area contributed by atoms with Crippen LogP contribution in [-0.4, -0.2) is 160 Å². The van der Waals surface area contributed by atoms with Crippen molar-refractivity contribution in [3.63, 3.8) is 0 Å². The third-order valence-corrected chi connectivity index (χ3v) is 10.3. The second kappa shape index (κ2) is 16.0. The monoisotopic (exact) mass is 814 g/mol. The van der Waals surface area contributed by atoms with Crippen molar-refractivity contribution in [1.82, 2.24) is 65.1 Å². The molecule has 8 rings (SSSR count). The molecular weight excluding hydrogens is 778 g/mol. The second-order valence-electron chi connectivity index (χ2n) is 13.7. The van der Waals surface area contributed by atoms with Crippen LogP contribution in [0.4, 0.5) is 14.6 Å². The Balaban J connectivity index is 0.816. The largest absolute Gasteiger partial charge is 0.357 e. The van der Waals surface area contributed by atoms with Crippen molar-refractivity contribution in [1.29, 1.82) is 0 Å². The molecule has 306 valence electrons. The van der Waals surface area contributed by atoms with Gasteiger partial charge in [0.25, 0.3) is 23.4 Å². The Morgan fingerprint density at radius 3 is 1.78 bits per heavy atom. The lowest BCUT2D eigenvalue weighted by Crippen LogP contribution is -2.53. The minimum absolute atomic E-state index is 0.0366. The van der Waals surface area contributed by atoms with Gasteiger partial charge in [-0.15, -0.1) is 10.6 Å². The Kier molecular flexibility index (Phi) is 10.5. The normalized spacial score (nSPS) is 15.8. The maximum absolute atomic E-state index is 15.2. The lowest BCUT2D eigenvalue weighted by Gasteiger charge is -2.34. The highest BCUT2D eigenvalue weighted by atomic mass is 19.1. The standard InChI is InChI=1S/C36H36F2N14O7/c1-2-25(53)46-5-9-48(10-6-46)35(57)32(56)22-16-40-30-28(22)24(38)18-42-34(30)52-14-13-50(45-52)20-59-19-26(54)47-7-11-49(12-8-47)36(58)31(55)21-15-39-29-27(21)23(37)17-41-33(29)51-4-3-43-44-51/h3-4,13-18,39-40,45H,2,5-12,19-20H2,1H3. The predicted molar refractivity (Wildman–Crippen MR) is 200 cm³/mol. The van der Waals surface area contributed by atoms with Crippen molar-refractivity contribution < 1.29 is 42.3 Å². The van der Waals surface area contributed by atoms with Crippen molar-refractivity contribution in [2.45, 2.75) is 13.3 Å². The van der Waals surface area contributed by atoms with E-state index in [0.29, 0.717) is 19.5 Å². The summed E-state index contributed by atoms with van der Waals surface area (Å²) in [6.45, 7) is 2.71. The third kappa shape index (κ3) is 7.31. The highest BCUT2D eigenvalue weighted by Gasteiger charge is 2.33. The van der Waals surface area contributed by atoms with Gasteiger partial charge in [-0.1, -0.05) is 12.1 Å². The van der Waals surface area contributed by atoms with Gasteiger partial charge in [0.15, 0.2) is 23.3 Å². The first-order valence-corrected chi connectivity index (χ1v) is 18.5. The summed E-state index contributed by atoms with van der Waals surface area (Å²) in [6, 6.07) is 0. The minimum atomic E-state index is -0.918. The zero-order valence-electron chi connectivity index (χ0n) is 31.4. The molecule has 5 aromatic rings. The number of carbonyl (C=O) groups is 6. The average molecular weight is 815 g/mol. The number of H-pyrrole nitrogens is 2. The molecule has 3 aliphatic heterocycles. The zero-order chi connectivity index (χ0) is 41.4. The molecule has 23 heteroatoms. The number of ketones is 2. The van der Waals surface area contributed by atoms with Gasteiger partial charge in [-0.3, -0.25) is 33.8 Å². The van der Waals surface area contributed by atoms with Crippen LogP contribution in [0.3, 0.4) is 0 Å². The van der Waals surface area contributed by atoms with Gasteiger partial charge in [-0.25, -0.2) is 28.4 Å². The molecule has 0 aromatic carbocycles. The summed E-state index contributed by atoms with van der Waals surface area (Å²) in [5.74, 6) is -5.06. The maximum atomic E-state index is 15.2. The molecule has 4 amide bonds. The number of pyridine rings is 2. The van der Waals surface area contributed by atoms with Crippen molar-refractivity contribution in [2.75, 3.05) is 70.7 Å². The Labute approximate surface area is 332 Å². The van der Waals surface area contributed by atoms with Crippen LogP contribution in [0.1, 0.15) is 34.1 Å². The summed E-state index contributed by atoms with van der Waals surface area (Å²) in [7, 11) is 0. The molecule has 2 saturated heterocycles. The van der Waals surface area contributed by atoms with Crippen LogP contribution in [0, 0.1) is 11.6 Å². The van der Waals surface area contributed by atoms with Gasteiger partial charge >= 0.3 is 0 Å². The van der Waals surface area contributed by atoms with E-state index in [2.05, 4.69) is 35.8 Å². The van der Waals surface area contributed by atoms with Crippen molar-refractivity contribution in [3.05, 3.63) is 72.3 Å². The summed E-state index contributed by atoms with van der Waals surface area (Å²) in [6.07, 6.45) is 10.8. The number of hydrogen-bond acceptors (Lipinski definition) is 14. The molecular formula is C36H36F2N14O7. The van der Waals surface area contributed by atoms with E-state index in [9.17, 15) is 33.2 Å². The minimum Gasteiger partial charge on any atom is -0.357 e. The maximum Gasteiger partial charge on any atom is 0.295 e. The lowest BCUT2D eigenvalue weighted by atomic mass is 10.1. The predicted octanol–water partition coefficient (Wildman–Crippen LogP) is 0.102. The second-order valence-corrected chi connectivity index (χ2v) is 13.7. The van der Waals surface area contributed by atoms with Crippen molar-refractivity contribution >= 4 is 62.8 Å². The third-order valence-electron chi connectivity index (χ3n) is 10.3. The number of Topliss-reactive ketones (excluding diaryl/α,β-unsaturated/α-hetero) is 2. The van der Waals surface area contributed by atoms with Crippen molar-refractivity contribution in [3.8, 4) is 5.82 Å². The number of aromatic nitrogens is 7. The number of anilines is 1. The number of nitrogens with zero attached hydrogens (tertiary/aromatic N) is 11. The topological polar surface area (TPSA) is 231 Å². The van der Waals surface area contributed by atoms with Crippen LogP contribution in [0.5, 0.6) is 0 Å². The van der Waals surface area contributed by atoms with E-state index < -0.39 is 35.0 Å². The van der Waals surface area contributed by atoms with Gasteiger partial charge < -0.3 is 34.3 Å². The van der Waals surface area contributed by atoms with Gasteiger partial charge in [0, 0.05) is 83.6 Å². The SMILES string of the molecule is CCC(=O)N1CCN(C(=O)C(=O)c2c[nH]c3c(N4C=CN(COCC(=O)N5CCN(C(=O)C(=O)c6c[nH]c7c(-n8ccnn8)ncc(F)c67)CC5)N4)ncc(F)c23)CC1. The summed E-state index contributed by atoms with van der Waals surface area (Å²) >= 11 is 0. The number of aromatic amines is 2. The first-order valence-electron chi connectivity index (χ1n) is 18.5. The molecule has 3 aliphatic rings. The number of hydrogen-bond donors (Lipinski definition) is 3. The molecule has 59 heavy (non-hydrogen) atoms. The highest BCUT2D eigenvalue weighted by molar-refractivity contribution is 6.45. The Morgan fingerprint density at radius 2 is 1.24 bits per heavy atom. The number of carbonyl (C=O) groups excluding carboxylic acids is 6. The molecule has 0 atom stereocenters. The van der Waals surface area contributed by atoms with E-state index in [1.807, 2.05) is 0 Å². The van der Waals surface area contributed by atoms with E-state index in [4.69, 9.17) is 4.74 Å². The van der Waals surface area contributed by atoms with Gasteiger partial charge in [-0.05, 0) is 0 Å². The van der Waals surface area contributed by atoms with E-state index >= 15 is 4.39 Å². The fraction of sp³-hybridized carbons (Fsp3) is 0.333. The Morgan fingerprint density at radius 1 is 0.712 bits per heavy atom. The van der Waals surface area contributed by atoms with Crippen LogP contribution < -0.4 is 10.5 Å². The molecule has 2 fully saturated rings. The number of ether oxygens (including phenoxy) is 1. The molecule has 0 spiro atoms. The first kappa shape index (κ1) is 38.7. The van der Waals surface area contributed by atoms with Crippen LogP contribution in [0.25, 0.3) is 27.6 Å². The van der Waals surface area contributed by atoms with Crippen molar-refractivity contribution in [2.24, 2.45) is 0 Å². The molecule has 0 radical (unpaired) electrons.